The van der Waals surface area contributed by atoms with Crippen LogP contribution < -0.4 is 10.1 Å². The summed E-state index contributed by atoms with van der Waals surface area (Å²) < 4.78 is 10.8. The minimum Gasteiger partial charge on any atom is -0.483 e. The molecule has 1 heterocycles. The SMILES string of the molecule is N#CC(C#N)=CNc1ccccc1OCc1ccco1. The molecule has 1 aromatic carbocycles. The average Bonchev–Trinajstić information content (AvgIpc) is 3.00. The van der Waals surface area contributed by atoms with Crippen LogP contribution in [0.15, 0.2) is 58.9 Å². The van der Waals surface area contributed by atoms with Crippen molar-refractivity contribution in [3.05, 3.63) is 60.2 Å². The molecule has 0 fully saturated rings. The van der Waals surface area contributed by atoms with Gasteiger partial charge in [-0.3, -0.25) is 0 Å². The number of nitrogens with zero attached hydrogens (tertiary/aromatic N) is 2. The molecule has 0 saturated heterocycles. The molecule has 0 spiro atoms. The van der Waals surface area contributed by atoms with Crippen LogP contribution in [0.3, 0.4) is 0 Å². The second-order valence-corrected chi connectivity index (χ2v) is 3.79. The number of nitrogens with one attached hydrogen (secondary N) is 1. The fourth-order valence-electron chi connectivity index (χ4n) is 1.49. The third kappa shape index (κ3) is 3.41. The molecule has 2 aromatic rings. The van der Waals surface area contributed by atoms with E-state index in [0.717, 1.165) is 0 Å². The Labute approximate surface area is 116 Å². The van der Waals surface area contributed by atoms with Crippen molar-refractivity contribution in [3.8, 4) is 17.9 Å². The van der Waals surface area contributed by atoms with Crippen molar-refractivity contribution in [1.29, 1.82) is 10.5 Å². The van der Waals surface area contributed by atoms with Crippen LogP contribution in [-0.4, -0.2) is 0 Å². The molecule has 0 amide bonds. The smallest absolute Gasteiger partial charge is 0.146 e. The molecule has 1 N–H and O–H groups in total. The number of furan rings is 1. The first-order valence-corrected chi connectivity index (χ1v) is 5.84. The Balaban J connectivity index is 2.08. The molecule has 98 valence electrons. The Hall–Kier alpha value is -3.18. The predicted molar refractivity (Wildman–Crippen MR) is 72.4 cm³/mol. The van der Waals surface area contributed by atoms with Crippen molar-refractivity contribution in [1.82, 2.24) is 0 Å². The quantitative estimate of drug-likeness (QED) is 0.839. The van der Waals surface area contributed by atoms with Crippen molar-refractivity contribution in [2.24, 2.45) is 0 Å². The van der Waals surface area contributed by atoms with E-state index < -0.39 is 0 Å². The normalized spacial score (nSPS) is 9.10. The third-order valence-corrected chi connectivity index (χ3v) is 2.45. The maximum atomic E-state index is 8.68. The molecule has 0 aliphatic rings. The number of anilines is 1. The van der Waals surface area contributed by atoms with Gasteiger partial charge in [-0.25, -0.2) is 0 Å². The Morgan fingerprint density at radius 3 is 2.70 bits per heavy atom. The standard InChI is InChI=1S/C15H11N3O2/c16-8-12(9-17)10-18-14-5-1-2-6-15(14)20-11-13-4-3-7-19-13/h1-7,10,18H,11H2. The molecule has 0 atom stereocenters. The van der Waals surface area contributed by atoms with Gasteiger partial charge in [0, 0.05) is 6.20 Å². The fourth-order valence-corrected chi connectivity index (χ4v) is 1.49. The van der Waals surface area contributed by atoms with E-state index in [1.807, 2.05) is 18.2 Å². The molecule has 0 aliphatic carbocycles. The number of hydrogen-bond acceptors (Lipinski definition) is 5. The number of nitriles is 2. The van der Waals surface area contributed by atoms with Gasteiger partial charge >= 0.3 is 0 Å². The van der Waals surface area contributed by atoms with Crippen LogP contribution >= 0.6 is 0 Å². The summed E-state index contributed by atoms with van der Waals surface area (Å²) in [5.41, 5.74) is 0.660. The van der Waals surface area contributed by atoms with E-state index >= 15 is 0 Å². The average molecular weight is 265 g/mol. The number of ether oxygens (including phenoxy) is 1. The molecule has 0 bridgehead atoms. The molecule has 20 heavy (non-hydrogen) atoms. The summed E-state index contributed by atoms with van der Waals surface area (Å²) >= 11 is 0. The summed E-state index contributed by atoms with van der Waals surface area (Å²) in [6.45, 7) is 0.304. The zero-order valence-electron chi connectivity index (χ0n) is 10.5. The first-order valence-electron chi connectivity index (χ1n) is 5.84. The van der Waals surface area contributed by atoms with Gasteiger partial charge in [-0.2, -0.15) is 10.5 Å². The van der Waals surface area contributed by atoms with E-state index in [9.17, 15) is 0 Å². The maximum Gasteiger partial charge on any atom is 0.146 e. The lowest BCUT2D eigenvalue weighted by Gasteiger charge is -2.10. The van der Waals surface area contributed by atoms with Crippen LogP contribution in [0.4, 0.5) is 5.69 Å². The van der Waals surface area contributed by atoms with Gasteiger partial charge in [0.25, 0.3) is 0 Å². The molecule has 0 saturated carbocycles. The Morgan fingerprint density at radius 2 is 2.00 bits per heavy atom. The molecule has 1 aromatic heterocycles. The van der Waals surface area contributed by atoms with E-state index in [0.29, 0.717) is 23.8 Å². The highest BCUT2D eigenvalue weighted by molar-refractivity contribution is 5.59. The van der Waals surface area contributed by atoms with Gasteiger partial charge in [0.15, 0.2) is 0 Å². The number of hydrogen-bond donors (Lipinski definition) is 1. The van der Waals surface area contributed by atoms with Crippen LogP contribution in [0.25, 0.3) is 0 Å². The number of allylic oxidation sites excluding steroid dienone is 1. The highest BCUT2D eigenvalue weighted by atomic mass is 16.5. The molecule has 5 nitrogen and oxygen atoms in total. The molecule has 2 rings (SSSR count). The molecule has 5 heteroatoms. The molecule has 0 aliphatic heterocycles. The molecular formula is C15H11N3O2. The molecule has 0 unspecified atom stereocenters. The van der Waals surface area contributed by atoms with Crippen LogP contribution in [0.5, 0.6) is 5.75 Å². The monoisotopic (exact) mass is 265 g/mol. The van der Waals surface area contributed by atoms with Gasteiger partial charge < -0.3 is 14.5 Å². The van der Waals surface area contributed by atoms with Crippen molar-refractivity contribution in [2.45, 2.75) is 6.61 Å². The van der Waals surface area contributed by atoms with E-state index in [2.05, 4.69) is 5.32 Å². The minimum absolute atomic E-state index is 0.00848. The minimum atomic E-state index is -0.00848. The Morgan fingerprint density at radius 1 is 1.20 bits per heavy atom. The molecule has 0 radical (unpaired) electrons. The molecular weight excluding hydrogens is 254 g/mol. The lowest BCUT2D eigenvalue weighted by atomic mass is 10.3. The van der Waals surface area contributed by atoms with Crippen LogP contribution in [-0.2, 0) is 6.61 Å². The van der Waals surface area contributed by atoms with E-state index in [-0.39, 0.29) is 5.57 Å². The first kappa shape index (κ1) is 13.3. The Kier molecular flexibility index (Phi) is 4.42. The van der Waals surface area contributed by atoms with E-state index in [1.54, 1.807) is 36.6 Å². The van der Waals surface area contributed by atoms with Crippen LogP contribution in [0.2, 0.25) is 0 Å². The fraction of sp³-hybridized carbons (Fsp3) is 0.0667. The van der Waals surface area contributed by atoms with E-state index in [4.69, 9.17) is 19.7 Å². The summed E-state index contributed by atoms with van der Waals surface area (Å²) in [5.74, 6) is 1.32. The Bertz CT molecular complexity index is 660. The summed E-state index contributed by atoms with van der Waals surface area (Å²) in [7, 11) is 0. The van der Waals surface area contributed by atoms with Gasteiger partial charge in [0.2, 0.25) is 0 Å². The second-order valence-electron chi connectivity index (χ2n) is 3.79. The topological polar surface area (TPSA) is 82.0 Å². The second kappa shape index (κ2) is 6.67. The summed E-state index contributed by atoms with van der Waals surface area (Å²) in [5, 5.41) is 20.2. The van der Waals surface area contributed by atoms with Crippen molar-refractivity contribution >= 4 is 5.69 Å². The van der Waals surface area contributed by atoms with Gasteiger partial charge in [-0.1, -0.05) is 12.1 Å². The lowest BCUT2D eigenvalue weighted by Crippen LogP contribution is -1.98. The van der Waals surface area contributed by atoms with Gasteiger partial charge in [0.05, 0.1) is 12.0 Å². The number of para-hydroxylation sites is 2. The summed E-state index contributed by atoms with van der Waals surface area (Å²) in [4.78, 5) is 0. The van der Waals surface area contributed by atoms with Gasteiger partial charge in [-0.05, 0) is 24.3 Å². The van der Waals surface area contributed by atoms with Crippen molar-refractivity contribution < 1.29 is 9.15 Å². The first-order chi connectivity index (χ1) is 9.83. The number of rotatable bonds is 5. The zero-order valence-corrected chi connectivity index (χ0v) is 10.5. The van der Waals surface area contributed by atoms with Gasteiger partial charge in [-0.15, -0.1) is 0 Å². The lowest BCUT2D eigenvalue weighted by molar-refractivity contribution is 0.271. The predicted octanol–water partition coefficient (Wildman–Crippen LogP) is 3.20. The van der Waals surface area contributed by atoms with Gasteiger partial charge in [0.1, 0.15) is 35.8 Å². The maximum absolute atomic E-state index is 8.68. The zero-order chi connectivity index (χ0) is 14.2. The van der Waals surface area contributed by atoms with E-state index in [1.165, 1.54) is 6.20 Å². The summed E-state index contributed by atoms with van der Waals surface area (Å²) in [6, 6.07) is 14.4. The highest BCUT2D eigenvalue weighted by Gasteiger charge is 2.03. The number of benzene rings is 1. The van der Waals surface area contributed by atoms with Crippen LogP contribution in [0, 0.1) is 22.7 Å². The van der Waals surface area contributed by atoms with Crippen molar-refractivity contribution in [3.63, 3.8) is 0 Å². The van der Waals surface area contributed by atoms with Crippen molar-refractivity contribution in [2.75, 3.05) is 5.32 Å². The largest absolute Gasteiger partial charge is 0.483 e. The third-order valence-electron chi connectivity index (χ3n) is 2.45. The summed E-state index contributed by atoms with van der Waals surface area (Å²) in [6.07, 6.45) is 2.92. The van der Waals surface area contributed by atoms with Crippen LogP contribution in [0.1, 0.15) is 5.76 Å². The highest BCUT2D eigenvalue weighted by Crippen LogP contribution is 2.25.